The van der Waals surface area contributed by atoms with Crippen molar-refractivity contribution in [1.82, 2.24) is 10.6 Å². The van der Waals surface area contributed by atoms with Gasteiger partial charge in [-0.05, 0) is 95.8 Å². The fraction of sp³-hybridized carbons (Fsp3) is 0.333. The van der Waals surface area contributed by atoms with Crippen LogP contribution < -0.4 is 29.9 Å². The number of hydrogen-bond acceptors (Lipinski definition) is 8. The van der Waals surface area contributed by atoms with Gasteiger partial charge in [0.2, 0.25) is 11.8 Å². The SMILES string of the molecule is CC=C(C(=CC)c1ccc(OC(=O)C(Cc2ccc(N(CCCl)CCCl)cc2)NC(C)=O)cc1)c1ccc(OC(=O)C(Cc2ccc(N(CCCl)CCCl)cc2)NC(C)=O)cc1. The van der Waals surface area contributed by atoms with Gasteiger partial charge in [0, 0.05) is 87.8 Å². The number of nitrogens with zero attached hydrogens (tertiary/aromatic N) is 2. The lowest BCUT2D eigenvalue weighted by molar-refractivity contribution is -0.139. The molecule has 0 aromatic heterocycles. The Morgan fingerprint density at radius 3 is 1.08 bits per heavy atom. The molecule has 2 amide bonds. The second-order valence-corrected chi connectivity index (χ2v) is 15.8. The molecule has 4 aromatic rings. The number of rotatable bonds is 23. The Morgan fingerprint density at radius 2 is 0.823 bits per heavy atom. The second kappa shape index (κ2) is 25.8. The van der Waals surface area contributed by atoms with Crippen LogP contribution in [0.4, 0.5) is 11.4 Å². The highest BCUT2D eigenvalue weighted by atomic mass is 35.5. The van der Waals surface area contributed by atoms with E-state index in [1.165, 1.54) is 13.8 Å². The molecule has 2 N–H and O–H groups in total. The van der Waals surface area contributed by atoms with E-state index >= 15 is 0 Å². The lowest BCUT2D eigenvalue weighted by Gasteiger charge is -2.23. The number of ether oxygens (including phenoxy) is 2. The molecule has 2 atom stereocenters. The molecule has 0 saturated heterocycles. The fourth-order valence-corrected chi connectivity index (χ4v) is 7.73. The van der Waals surface area contributed by atoms with Gasteiger partial charge in [-0.2, -0.15) is 0 Å². The van der Waals surface area contributed by atoms with Gasteiger partial charge in [0.1, 0.15) is 23.6 Å². The molecule has 4 aromatic carbocycles. The first kappa shape index (κ1) is 49.7. The number of carbonyl (C=O) groups excluding carboxylic acids is 4. The Kier molecular flexibility index (Phi) is 20.7. The van der Waals surface area contributed by atoms with Crippen LogP contribution in [0.5, 0.6) is 11.5 Å². The van der Waals surface area contributed by atoms with Crippen LogP contribution in [0.15, 0.2) is 109 Å². The maximum atomic E-state index is 13.4. The minimum atomic E-state index is -0.906. The summed E-state index contributed by atoms with van der Waals surface area (Å²) in [5.41, 5.74) is 7.23. The van der Waals surface area contributed by atoms with Crippen LogP contribution in [0.25, 0.3) is 11.1 Å². The van der Waals surface area contributed by atoms with E-state index in [2.05, 4.69) is 20.4 Å². The van der Waals surface area contributed by atoms with Crippen molar-refractivity contribution in [2.45, 2.75) is 52.6 Å². The van der Waals surface area contributed by atoms with Gasteiger partial charge in [-0.3, -0.25) is 9.59 Å². The van der Waals surface area contributed by atoms with Crippen molar-refractivity contribution in [3.8, 4) is 11.5 Å². The maximum absolute atomic E-state index is 13.4. The number of hydrogen-bond donors (Lipinski definition) is 2. The molecular formula is C48H54Cl4N4O6. The van der Waals surface area contributed by atoms with Crippen molar-refractivity contribution in [1.29, 1.82) is 0 Å². The first-order chi connectivity index (χ1) is 29.9. The molecule has 0 aliphatic rings. The zero-order chi connectivity index (χ0) is 45.0. The fourth-order valence-electron chi connectivity index (χ4n) is 6.92. The standard InChI is InChI=1S/C48H54Cl4N4O6/c1-5-43(37-11-19-41(20-12-37)61-47(59)45(53-33(3)57)31-35-7-15-39(16-8-35)55(27-23-49)28-24-50)44(6-2)38-13-21-42(22-14-38)62-48(60)46(54-34(4)58)32-36-9-17-40(18-10-36)56(29-25-51)30-26-52/h5-22,45-46H,23-32H2,1-4H3,(H,53,57)(H,54,58). The lowest BCUT2D eigenvalue weighted by Crippen LogP contribution is -2.43. The van der Waals surface area contributed by atoms with Crippen molar-refractivity contribution >= 4 is 92.7 Å². The molecule has 0 bridgehead atoms. The summed E-state index contributed by atoms with van der Waals surface area (Å²) in [6.45, 7) is 9.20. The summed E-state index contributed by atoms with van der Waals surface area (Å²) in [7, 11) is 0. The normalized spacial score (nSPS) is 12.5. The highest BCUT2D eigenvalue weighted by Crippen LogP contribution is 2.33. The van der Waals surface area contributed by atoms with E-state index in [1.54, 1.807) is 24.3 Å². The lowest BCUT2D eigenvalue weighted by atomic mass is 9.92. The summed E-state index contributed by atoms with van der Waals surface area (Å²) in [5, 5.41) is 5.45. The van der Waals surface area contributed by atoms with Crippen LogP contribution >= 0.6 is 46.4 Å². The van der Waals surface area contributed by atoms with Crippen LogP contribution in [0, 0.1) is 0 Å². The van der Waals surface area contributed by atoms with E-state index < -0.39 is 24.0 Å². The minimum absolute atomic E-state index is 0.239. The molecule has 14 heteroatoms. The van der Waals surface area contributed by atoms with Crippen molar-refractivity contribution in [2.24, 2.45) is 0 Å². The Bertz CT molecular complexity index is 1960. The van der Waals surface area contributed by atoms with Gasteiger partial charge in [-0.1, -0.05) is 60.7 Å². The van der Waals surface area contributed by atoms with Gasteiger partial charge in [-0.25, -0.2) is 9.59 Å². The topological polar surface area (TPSA) is 117 Å². The summed E-state index contributed by atoms with van der Waals surface area (Å²) in [6.07, 6.45) is 4.46. The summed E-state index contributed by atoms with van der Waals surface area (Å²) in [4.78, 5) is 55.1. The summed E-state index contributed by atoms with van der Waals surface area (Å²) in [5.74, 6) is 0.643. The van der Waals surface area contributed by atoms with Crippen molar-refractivity contribution < 1.29 is 28.7 Å². The van der Waals surface area contributed by atoms with Crippen molar-refractivity contribution in [2.75, 3.05) is 59.5 Å². The number of anilines is 2. The molecule has 0 radical (unpaired) electrons. The van der Waals surface area contributed by atoms with E-state index in [1.807, 2.05) is 98.8 Å². The molecule has 0 aliphatic carbocycles. The van der Waals surface area contributed by atoms with Crippen LogP contribution in [0.2, 0.25) is 0 Å². The first-order valence-electron chi connectivity index (χ1n) is 20.4. The number of carbonyl (C=O) groups is 4. The van der Waals surface area contributed by atoms with Gasteiger partial charge in [0.05, 0.1) is 0 Å². The minimum Gasteiger partial charge on any atom is -0.425 e. The van der Waals surface area contributed by atoms with Gasteiger partial charge < -0.3 is 29.9 Å². The smallest absolute Gasteiger partial charge is 0.334 e. The third-order valence-electron chi connectivity index (χ3n) is 9.86. The molecule has 0 fully saturated rings. The van der Waals surface area contributed by atoms with Gasteiger partial charge in [0.15, 0.2) is 0 Å². The van der Waals surface area contributed by atoms with Crippen molar-refractivity contribution in [3.05, 3.63) is 131 Å². The van der Waals surface area contributed by atoms with Crippen molar-refractivity contribution in [3.63, 3.8) is 0 Å². The number of esters is 2. The van der Waals surface area contributed by atoms with Gasteiger partial charge in [-0.15, -0.1) is 46.4 Å². The Labute approximate surface area is 385 Å². The molecular weight excluding hydrogens is 870 g/mol. The third kappa shape index (κ3) is 15.1. The van der Waals surface area contributed by atoms with E-state index in [-0.39, 0.29) is 24.7 Å². The first-order valence-corrected chi connectivity index (χ1v) is 22.5. The number of nitrogens with one attached hydrogen (secondary N) is 2. The summed E-state index contributed by atoms with van der Waals surface area (Å²) in [6, 6.07) is 27.9. The largest absolute Gasteiger partial charge is 0.425 e. The molecule has 2 unspecified atom stereocenters. The summed E-state index contributed by atoms with van der Waals surface area (Å²) >= 11 is 23.9. The Balaban J connectivity index is 1.41. The zero-order valence-electron chi connectivity index (χ0n) is 35.5. The van der Waals surface area contributed by atoms with Crippen LogP contribution in [0.3, 0.4) is 0 Å². The molecule has 0 spiro atoms. The Hall–Kier alpha value is -5.00. The second-order valence-electron chi connectivity index (χ2n) is 14.3. The van der Waals surface area contributed by atoms with Crippen LogP contribution in [-0.4, -0.2) is 85.5 Å². The van der Waals surface area contributed by atoms with Gasteiger partial charge in [0.25, 0.3) is 0 Å². The van der Waals surface area contributed by atoms with E-state index in [0.717, 1.165) is 44.8 Å². The predicted molar refractivity (Wildman–Crippen MR) is 254 cm³/mol. The van der Waals surface area contributed by atoms with Crippen LogP contribution in [0.1, 0.15) is 49.9 Å². The molecule has 0 saturated carbocycles. The number of amides is 2. The average Bonchev–Trinajstić information content (AvgIpc) is 3.26. The van der Waals surface area contributed by atoms with E-state index in [0.29, 0.717) is 61.2 Å². The molecule has 0 aliphatic heterocycles. The molecule has 10 nitrogen and oxygen atoms in total. The quantitative estimate of drug-likeness (QED) is 0.0328. The number of alkyl halides is 4. The molecule has 4 rings (SSSR count). The molecule has 62 heavy (non-hydrogen) atoms. The predicted octanol–water partition coefficient (Wildman–Crippen LogP) is 9.07. The third-order valence-corrected chi connectivity index (χ3v) is 10.5. The highest BCUT2D eigenvalue weighted by molar-refractivity contribution is 6.19. The van der Waals surface area contributed by atoms with E-state index in [4.69, 9.17) is 55.9 Å². The Morgan fingerprint density at radius 1 is 0.516 bits per heavy atom. The maximum Gasteiger partial charge on any atom is 0.334 e. The monoisotopic (exact) mass is 922 g/mol. The van der Waals surface area contributed by atoms with Gasteiger partial charge >= 0.3 is 11.9 Å². The average molecular weight is 925 g/mol. The number of allylic oxidation sites excluding steroid dienone is 4. The summed E-state index contributed by atoms with van der Waals surface area (Å²) < 4.78 is 11.5. The number of benzene rings is 4. The molecule has 330 valence electrons. The molecule has 0 heterocycles. The van der Waals surface area contributed by atoms with Crippen LogP contribution in [-0.2, 0) is 32.0 Å². The number of halogens is 4. The van der Waals surface area contributed by atoms with E-state index in [9.17, 15) is 19.2 Å². The zero-order valence-corrected chi connectivity index (χ0v) is 38.5. The highest BCUT2D eigenvalue weighted by Gasteiger charge is 2.24.